The van der Waals surface area contributed by atoms with E-state index < -0.39 is 0 Å². The average molecular weight is 232 g/mol. The summed E-state index contributed by atoms with van der Waals surface area (Å²) in [5.41, 5.74) is 7.46. The van der Waals surface area contributed by atoms with Gasteiger partial charge in [-0.05, 0) is 12.1 Å². The van der Waals surface area contributed by atoms with Gasteiger partial charge in [0.2, 0.25) is 0 Å². The number of nitrogens with zero attached hydrogens (tertiary/aromatic N) is 1. The molecule has 17 heavy (non-hydrogen) atoms. The van der Waals surface area contributed by atoms with Crippen molar-refractivity contribution >= 4 is 11.4 Å². The Labute approximate surface area is 100 Å². The number of methoxy groups -OCH3 is 1. The third kappa shape index (κ3) is 2.90. The van der Waals surface area contributed by atoms with Crippen molar-refractivity contribution in [3.8, 4) is 5.75 Å². The highest BCUT2D eigenvalue weighted by Gasteiger charge is 2.01. The molecule has 0 fully saturated rings. The van der Waals surface area contributed by atoms with E-state index in [9.17, 15) is 0 Å². The van der Waals surface area contributed by atoms with E-state index in [1.54, 1.807) is 13.3 Å². The number of ether oxygens (including phenoxy) is 1. The smallest absolute Gasteiger partial charge is 0.121 e. The Balaban J connectivity index is 1.94. The lowest BCUT2D eigenvalue weighted by Gasteiger charge is -2.10. The summed E-state index contributed by atoms with van der Waals surface area (Å²) >= 11 is 0. The van der Waals surface area contributed by atoms with Gasteiger partial charge in [-0.3, -0.25) is 0 Å². The minimum Gasteiger partial charge on any atom is -0.497 e. The van der Waals surface area contributed by atoms with Gasteiger partial charge >= 0.3 is 0 Å². The first-order valence-corrected chi connectivity index (χ1v) is 5.45. The van der Waals surface area contributed by atoms with Crippen molar-refractivity contribution < 1.29 is 4.74 Å². The Morgan fingerprint density at radius 3 is 3.06 bits per heavy atom. The summed E-state index contributed by atoms with van der Waals surface area (Å²) in [5.74, 6) is 1.75. The molecule has 0 amide bonds. The molecular weight excluding hydrogens is 216 g/mol. The van der Waals surface area contributed by atoms with E-state index in [0.717, 1.165) is 30.2 Å². The van der Waals surface area contributed by atoms with Crippen LogP contribution in [0.2, 0.25) is 0 Å². The van der Waals surface area contributed by atoms with E-state index in [1.807, 2.05) is 24.4 Å². The van der Waals surface area contributed by atoms with Gasteiger partial charge < -0.3 is 20.8 Å². The summed E-state index contributed by atoms with van der Waals surface area (Å²) in [6.45, 7) is 0.769. The molecule has 0 aliphatic rings. The van der Waals surface area contributed by atoms with Gasteiger partial charge in [-0.2, -0.15) is 0 Å². The van der Waals surface area contributed by atoms with Crippen LogP contribution in [-0.4, -0.2) is 23.6 Å². The lowest BCUT2D eigenvalue weighted by Crippen LogP contribution is -2.07. The molecule has 5 nitrogen and oxygen atoms in total. The Morgan fingerprint density at radius 1 is 1.47 bits per heavy atom. The summed E-state index contributed by atoms with van der Waals surface area (Å²) in [5, 5.41) is 3.26. The van der Waals surface area contributed by atoms with Crippen molar-refractivity contribution in [2.45, 2.75) is 6.42 Å². The SMILES string of the molecule is COc1ccc(N)c(NCCc2ncc[nH]2)c1. The van der Waals surface area contributed by atoms with E-state index in [4.69, 9.17) is 10.5 Å². The second-order valence-corrected chi connectivity index (χ2v) is 3.67. The van der Waals surface area contributed by atoms with Crippen molar-refractivity contribution in [1.82, 2.24) is 9.97 Å². The quantitative estimate of drug-likeness (QED) is 0.685. The van der Waals surface area contributed by atoms with E-state index in [-0.39, 0.29) is 0 Å². The third-order valence-electron chi connectivity index (χ3n) is 2.49. The molecule has 0 aliphatic carbocycles. The maximum Gasteiger partial charge on any atom is 0.121 e. The van der Waals surface area contributed by atoms with Crippen molar-refractivity contribution in [3.05, 3.63) is 36.4 Å². The van der Waals surface area contributed by atoms with E-state index in [0.29, 0.717) is 5.69 Å². The van der Waals surface area contributed by atoms with Crippen molar-refractivity contribution in [2.75, 3.05) is 24.7 Å². The van der Waals surface area contributed by atoms with Gasteiger partial charge in [0.05, 0.1) is 18.5 Å². The third-order valence-corrected chi connectivity index (χ3v) is 2.49. The molecule has 1 aromatic heterocycles. The summed E-state index contributed by atoms with van der Waals surface area (Å²) in [7, 11) is 1.64. The minimum absolute atomic E-state index is 0.713. The van der Waals surface area contributed by atoms with Crippen LogP contribution in [0.25, 0.3) is 0 Å². The fraction of sp³-hybridized carbons (Fsp3) is 0.250. The molecule has 5 heteroatoms. The fourth-order valence-electron chi connectivity index (χ4n) is 1.57. The maximum atomic E-state index is 5.86. The number of hydrogen-bond acceptors (Lipinski definition) is 4. The zero-order chi connectivity index (χ0) is 12.1. The Hall–Kier alpha value is -2.17. The molecule has 0 saturated carbocycles. The molecule has 2 rings (SSSR count). The van der Waals surface area contributed by atoms with E-state index in [1.165, 1.54) is 0 Å². The molecule has 0 saturated heterocycles. The molecule has 0 atom stereocenters. The number of nitrogens with two attached hydrogens (primary N) is 1. The molecule has 4 N–H and O–H groups in total. The first-order chi connectivity index (χ1) is 8.29. The molecule has 0 radical (unpaired) electrons. The number of H-pyrrole nitrogens is 1. The van der Waals surface area contributed by atoms with E-state index in [2.05, 4.69) is 15.3 Å². The highest BCUT2D eigenvalue weighted by atomic mass is 16.5. The summed E-state index contributed by atoms with van der Waals surface area (Å²) < 4.78 is 5.15. The van der Waals surface area contributed by atoms with Crippen LogP contribution in [0.5, 0.6) is 5.75 Å². The number of nitrogen functional groups attached to an aromatic ring is 1. The molecular formula is C12H16N4O. The molecule has 0 spiro atoms. The Morgan fingerprint density at radius 2 is 2.35 bits per heavy atom. The zero-order valence-electron chi connectivity index (χ0n) is 9.73. The second-order valence-electron chi connectivity index (χ2n) is 3.67. The van der Waals surface area contributed by atoms with Crippen LogP contribution in [0, 0.1) is 0 Å². The highest BCUT2D eigenvalue weighted by molar-refractivity contribution is 5.68. The van der Waals surface area contributed by atoms with Gasteiger partial charge in [-0.15, -0.1) is 0 Å². The first-order valence-electron chi connectivity index (χ1n) is 5.45. The average Bonchev–Trinajstić information content (AvgIpc) is 2.84. The number of aromatic nitrogens is 2. The van der Waals surface area contributed by atoms with Crippen LogP contribution in [-0.2, 0) is 6.42 Å². The van der Waals surface area contributed by atoms with Crippen LogP contribution >= 0.6 is 0 Å². The van der Waals surface area contributed by atoms with Crippen LogP contribution < -0.4 is 15.8 Å². The molecule has 1 aromatic carbocycles. The van der Waals surface area contributed by atoms with Gasteiger partial charge in [0.15, 0.2) is 0 Å². The van der Waals surface area contributed by atoms with Gasteiger partial charge in [-0.25, -0.2) is 4.98 Å². The van der Waals surface area contributed by atoms with Crippen LogP contribution in [0.4, 0.5) is 11.4 Å². The van der Waals surface area contributed by atoms with Gasteiger partial charge in [0.25, 0.3) is 0 Å². The number of hydrogen-bond donors (Lipinski definition) is 3. The van der Waals surface area contributed by atoms with E-state index >= 15 is 0 Å². The number of imidazole rings is 1. The highest BCUT2D eigenvalue weighted by Crippen LogP contribution is 2.24. The lowest BCUT2D eigenvalue weighted by molar-refractivity contribution is 0.415. The van der Waals surface area contributed by atoms with Crippen LogP contribution in [0.1, 0.15) is 5.82 Å². The Bertz CT molecular complexity index is 467. The predicted octanol–water partition coefficient (Wildman–Crippen LogP) is 1.66. The fourth-order valence-corrected chi connectivity index (χ4v) is 1.57. The minimum atomic E-state index is 0.713. The zero-order valence-corrected chi connectivity index (χ0v) is 9.73. The number of benzene rings is 1. The van der Waals surface area contributed by atoms with Gasteiger partial charge in [0.1, 0.15) is 11.6 Å². The first kappa shape index (κ1) is 11.3. The van der Waals surface area contributed by atoms with Crippen LogP contribution in [0.15, 0.2) is 30.6 Å². The number of nitrogens with one attached hydrogen (secondary N) is 2. The van der Waals surface area contributed by atoms with Crippen molar-refractivity contribution in [2.24, 2.45) is 0 Å². The summed E-state index contributed by atoms with van der Waals surface area (Å²) in [6, 6.07) is 5.55. The Kier molecular flexibility index (Phi) is 3.49. The predicted molar refractivity (Wildman–Crippen MR) is 68.2 cm³/mol. The maximum absolute atomic E-state index is 5.86. The molecule has 90 valence electrons. The van der Waals surface area contributed by atoms with Crippen LogP contribution in [0.3, 0.4) is 0 Å². The monoisotopic (exact) mass is 232 g/mol. The summed E-state index contributed by atoms with van der Waals surface area (Å²) in [6.07, 6.45) is 4.38. The largest absolute Gasteiger partial charge is 0.497 e. The lowest BCUT2D eigenvalue weighted by atomic mass is 10.2. The molecule has 1 heterocycles. The standard InChI is InChI=1S/C12H16N4O/c1-17-9-2-3-10(13)11(8-9)14-5-4-12-15-6-7-16-12/h2-3,6-8,14H,4-5,13H2,1H3,(H,15,16). The molecule has 0 bridgehead atoms. The molecule has 0 unspecified atom stereocenters. The number of anilines is 2. The van der Waals surface area contributed by atoms with Gasteiger partial charge in [0, 0.05) is 31.4 Å². The molecule has 0 aliphatic heterocycles. The topological polar surface area (TPSA) is 76.0 Å². The van der Waals surface area contributed by atoms with Gasteiger partial charge in [-0.1, -0.05) is 0 Å². The number of aromatic amines is 1. The second kappa shape index (κ2) is 5.25. The number of rotatable bonds is 5. The van der Waals surface area contributed by atoms with Crippen molar-refractivity contribution in [1.29, 1.82) is 0 Å². The normalized spacial score (nSPS) is 10.2. The molecule has 2 aromatic rings. The summed E-state index contributed by atoms with van der Waals surface area (Å²) in [4.78, 5) is 7.21. The van der Waals surface area contributed by atoms with Crippen molar-refractivity contribution in [3.63, 3.8) is 0 Å².